The number of fused-ring (bicyclic) bond motifs is 3. The van der Waals surface area contributed by atoms with Crippen LogP contribution in [0.2, 0.25) is 0 Å². The summed E-state index contributed by atoms with van der Waals surface area (Å²) >= 11 is 0. The van der Waals surface area contributed by atoms with Crippen molar-refractivity contribution in [3.63, 3.8) is 0 Å². The third kappa shape index (κ3) is 2.59. The van der Waals surface area contributed by atoms with Gasteiger partial charge in [-0.1, -0.05) is 0 Å². The van der Waals surface area contributed by atoms with Crippen LogP contribution in [0.15, 0.2) is 29.8 Å². The Labute approximate surface area is 160 Å². The molecule has 1 fully saturated rings. The minimum atomic E-state index is -3.58. The second kappa shape index (κ2) is 6.07. The highest BCUT2D eigenvalue weighted by Crippen LogP contribution is 2.29. The Kier molecular flexibility index (Phi) is 3.74. The molecule has 1 aliphatic heterocycles. The Morgan fingerprint density at radius 1 is 1.14 bits per heavy atom. The van der Waals surface area contributed by atoms with E-state index in [2.05, 4.69) is 20.3 Å². The molecule has 0 aromatic carbocycles. The predicted molar refractivity (Wildman–Crippen MR) is 99.0 cm³/mol. The molecule has 1 atom stereocenters. The fraction of sp³-hybridized carbons (Fsp3) is 0.438. The average molecular weight is 401 g/mol. The lowest BCUT2D eigenvalue weighted by Crippen LogP contribution is -2.39. The van der Waals surface area contributed by atoms with Gasteiger partial charge in [-0.3, -0.25) is 9.36 Å². The summed E-state index contributed by atoms with van der Waals surface area (Å²) in [6.07, 6.45) is 7.82. The number of aryl methyl sites for hydroxylation is 2. The van der Waals surface area contributed by atoms with Gasteiger partial charge in [0.25, 0.3) is 0 Å². The Bertz CT molecular complexity index is 1290. The van der Waals surface area contributed by atoms with Crippen LogP contribution in [0.1, 0.15) is 24.6 Å². The van der Waals surface area contributed by atoms with E-state index in [0.717, 1.165) is 23.9 Å². The highest BCUT2D eigenvalue weighted by molar-refractivity contribution is 7.89. The van der Waals surface area contributed by atoms with E-state index in [0.29, 0.717) is 24.6 Å². The van der Waals surface area contributed by atoms with E-state index in [-0.39, 0.29) is 10.8 Å². The molecule has 0 aliphatic carbocycles. The van der Waals surface area contributed by atoms with E-state index < -0.39 is 10.0 Å². The summed E-state index contributed by atoms with van der Waals surface area (Å²) in [5.74, 6) is 0.552. The van der Waals surface area contributed by atoms with Crippen LogP contribution in [-0.2, 0) is 24.1 Å². The van der Waals surface area contributed by atoms with Crippen LogP contribution in [0.5, 0.6) is 0 Å². The molecule has 0 spiro atoms. The molecule has 28 heavy (non-hydrogen) atoms. The molecule has 4 aromatic heterocycles. The molecule has 0 unspecified atom stereocenters. The highest BCUT2D eigenvalue weighted by Gasteiger charge is 2.33. The third-order valence-corrected chi connectivity index (χ3v) is 6.97. The molecular weight excluding hydrogens is 382 g/mol. The zero-order valence-corrected chi connectivity index (χ0v) is 16.3. The molecule has 4 aromatic rings. The largest absolute Gasteiger partial charge is 0.274 e. The summed E-state index contributed by atoms with van der Waals surface area (Å²) in [5, 5.41) is 13.6. The first-order valence-electron chi connectivity index (χ1n) is 8.95. The number of hydrogen-bond acceptors (Lipinski definition) is 7. The van der Waals surface area contributed by atoms with Crippen molar-refractivity contribution in [1.29, 1.82) is 0 Å². The minimum absolute atomic E-state index is 0.0770. The van der Waals surface area contributed by atoms with Gasteiger partial charge in [0.2, 0.25) is 10.0 Å². The lowest BCUT2D eigenvalue weighted by Gasteiger charge is -2.30. The Morgan fingerprint density at radius 3 is 2.79 bits per heavy atom. The van der Waals surface area contributed by atoms with E-state index >= 15 is 0 Å². The Morgan fingerprint density at radius 2 is 2.00 bits per heavy atom. The van der Waals surface area contributed by atoms with Gasteiger partial charge in [0.15, 0.2) is 17.1 Å². The van der Waals surface area contributed by atoms with Gasteiger partial charge in [-0.25, -0.2) is 22.9 Å². The van der Waals surface area contributed by atoms with Crippen molar-refractivity contribution < 1.29 is 8.42 Å². The van der Waals surface area contributed by atoms with Crippen molar-refractivity contribution in [3.8, 4) is 0 Å². The van der Waals surface area contributed by atoms with E-state index in [9.17, 15) is 8.42 Å². The quantitative estimate of drug-likeness (QED) is 0.485. The molecule has 0 saturated carbocycles. The Hall–Kier alpha value is -2.86. The molecule has 146 valence electrons. The summed E-state index contributed by atoms with van der Waals surface area (Å²) < 4.78 is 32.2. The number of sulfonamides is 1. The molecule has 0 bridgehead atoms. The molecule has 1 aliphatic rings. The van der Waals surface area contributed by atoms with Crippen LogP contribution in [0.3, 0.4) is 0 Å². The topological polar surface area (TPSA) is 116 Å². The van der Waals surface area contributed by atoms with Crippen LogP contribution in [-0.4, -0.2) is 65.0 Å². The number of nitrogens with zero attached hydrogens (tertiary/aromatic N) is 9. The molecule has 12 heteroatoms. The normalized spacial score (nSPS) is 19.0. The first-order chi connectivity index (χ1) is 13.4. The monoisotopic (exact) mass is 401 g/mol. The number of aromatic nitrogens is 8. The van der Waals surface area contributed by atoms with Gasteiger partial charge in [-0.2, -0.15) is 14.5 Å². The van der Waals surface area contributed by atoms with Gasteiger partial charge in [0.1, 0.15) is 11.2 Å². The predicted octanol–water partition coefficient (Wildman–Crippen LogP) is 0.313. The lowest BCUT2D eigenvalue weighted by molar-refractivity contribution is 0.309. The maximum absolute atomic E-state index is 12.9. The van der Waals surface area contributed by atoms with Crippen LogP contribution >= 0.6 is 0 Å². The van der Waals surface area contributed by atoms with Crippen LogP contribution in [0, 0.1) is 0 Å². The smallest absolute Gasteiger partial charge is 0.246 e. The van der Waals surface area contributed by atoms with Crippen LogP contribution in [0.25, 0.3) is 16.7 Å². The molecule has 5 heterocycles. The number of piperidine rings is 1. The number of hydrogen-bond donors (Lipinski definition) is 0. The number of rotatable bonds is 3. The molecular formula is C16H19N9O2S. The summed E-state index contributed by atoms with van der Waals surface area (Å²) in [5.41, 5.74) is 1.41. The second-order valence-corrected chi connectivity index (χ2v) is 8.98. The molecule has 0 radical (unpaired) electrons. The SMILES string of the molecule is Cn1cc(S(=O)(=O)N2CCC[C@@H](c3nc4c5cnn(C)c5ncn4n3)C2)cn1. The fourth-order valence-corrected chi connectivity index (χ4v) is 5.19. The fourth-order valence-electron chi connectivity index (χ4n) is 3.68. The summed E-state index contributed by atoms with van der Waals surface area (Å²) in [6.45, 7) is 0.827. The first-order valence-corrected chi connectivity index (χ1v) is 10.4. The average Bonchev–Trinajstić information content (AvgIpc) is 3.40. The van der Waals surface area contributed by atoms with Crippen molar-refractivity contribution in [3.05, 3.63) is 30.7 Å². The van der Waals surface area contributed by atoms with E-state index in [1.54, 1.807) is 28.8 Å². The molecule has 5 rings (SSSR count). The van der Waals surface area contributed by atoms with Crippen molar-refractivity contribution in [1.82, 2.24) is 43.4 Å². The Balaban J connectivity index is 1.49. The summed E-state index contributed by atoms with van der Waals surface area (Å²) in [4.78, 5) is 9.27. The lowest BCUT2D eigenvalue weighted by atomic mass is 9.99. The minimum Gasteiger partial charge on any atom is -0.274 e. The van der Waals surface area contributed by atoms with E-state index in [4.69, 9.17) is 4.98 Å². The van der Waals surface area contributed by atoms with Crippen molar-refractivity contribution in [2.24, 2.45) is 14.1 Å². The maximum atomic E-state index is 12.9. The van der Waals surface area contributed by atoms with Crippen molar-refractivity contribution in [2.45, 2.75) is 23.7 Å². The van der Waals surface area contributed by atoms with E-state index in [1.165, 1.54) is 21.4 Å². The second-order valence-electron chi connectivity index (χ2n) is 7.04. The van der Waals surface area contributed by atoms with Crippen LogP contribution in [0.4, 0.5) is 0 Å². The molecule has 11 nitrogen and oxygen atoms in total. The first kappa shape index (κ1) is 17.3. The highest BCUT2D eigenvalue weighted by atomic mass is 32.2. The zero-order valence-electron chi connectivity index (χ0n) is 15.5. The molecule has 1 saturated heterocycles. The maximum Gasteiger partial charge on any atom is 0.246 e. The van der Waals surface area contributed by atoms with Gasteiger partial charge >= 0.3 is 0 Å². The van der Waals surface area contributed by atoms with Gasteiger partial charge in [-0.05, 0) is 12.8 Å². The summed E-state index contributed by atoms with van der Waals surface area (Å²) in [6, 6.07) is 0. The van der Waals surface area contributed by atoms with Crippen LogP contribution < -0.4 is 0 Å². The van der Waals surface area contributed by atoms with Gasteiger partial charge in [-0.15, -0.1) is 5.10 Å². The van der Waals surface area contributed by atoms with Crippen molar-refractivity contribution in [2.75, 3.05) is 13.1 Å². The van der Waals surface area contributed by atoms with Crippen molar-refractivity contribution >= 4 is 26.7 Å². The standard InChI is InChI=1S/C16H19N9O2S/c1-22-9-12(6-18-22)28(26,27)24-5-3-4-11(8-24)14-20-16-13-7-19-23(2)15(13)17-10-25(16)21-14/h6-7,9-11H,3-5,8H2,1-2H3/t11-/m1/s1. The third-order valence-electron chi connectivity index (χ3n) is 5.15. The van der Waals surface area contributed by atoms with Gasteiger partial charge in [0.05, 0.1) is 17.8 Å². The molecule has 0 N–H and O–H groups in total. The van der Waals surface area contributed by atoms with E-state index in [1.807, 2.05) is 7.05 Å². The molecule has 0 amide bonds. The van der Waals surface area contributed by atoms with Gasteiger partial charge in [0, 0.05) is 39.3 Å². The zero-order chi connectivity index (χ0) is 19.5. The summed E-state index contributed by atoms with van der Waals surface area (Å²) in [7, 11) is -0.0565. The van der Waals surface area contributed by atoms with Gasteiger partial charge < -0.3 is 0 Å².